The van der Waals surface area contributed by atoms with Gasteiger partial charge in [-0.1, -0.05) is 12.1 Å². The van der Waals surface area contributed by atoms with E-state index in [1.54, 1.807) is 29.2 Å². The number of rotatable bonds is 4. The van der Waals surface area contributed by atoms with Gasteiger partial charge in [0, 0.05) is 13.0 Å². The highest BCUT2D eigenvalue weighted by Gasteiger charge is 2.22. The third-order valence-corrected chi connectivity index (χ3v) is 2.99. The zero-order valence-corrected chi connectivity index (χ0v) is 11.3. The number of amides is 3. The Labute approximate surface area is 121 Å². The van der Waals surface area contributed by atoms with E-state index in [-0.39, 0.29) is 37.2 Å². The lowest BCUT2D eigenvalue weighted by atomic mass is 10.2. The van der Waals surface area contributed by atoms with Crippen molar-refractivity contribution in [3.63, 3.8) is 0 Å². The van der Waals surface area contributed by atoms with Crippen molar-refractivity contribution in [3.8, 4) is 6.07 Å². The quantitative estimate of drug-likeness (QED) is 0.749. The Bertz CT molecular complexity index is 605. The molecule has 0 aromatic heterocycles. The normalized spacial score (nSPS) is 15.2. The Morgan fingerprint density at radius 3 is 2.62 bits per heavy atom. The average Bonchev–Trinajstić information content (AvgIpc) is 2.45. The molecule has 1 aromatic carbocycles. The summed E-state index contributed by atoms with van der Waals surface area (Å²) in [5.41, 5.74) is 0.843. The summed E-state index contributed by atoms with van der Waals surface area (Å²) in [5, 5.41) is 13.8. The topological polar surface area (TPSA) is 102 Å². The van der Waals surface area contributed by atoms with Crippen LogP contribution in [0.2, 0.25) is 0 Å². The number of carbonyl (C=O) groups is 3. The lowest BCUT2D eigenvalue weighted by Gasteiger charge is -2.24. The maximum Gasteiger partial charge on any atom is 0.240 e. The third-order valence-electron chi connectivity index (χ3n) is 2.99. The van der Waals surface area contributed by atoms with Crippen LogP contribution in [0.25, 0.3) is 0 Å². The summed E-state index contributed by atoms with van der Waals surface area (Å²) in [6, 6.07) is 8.70. The fourth-order valence-corrected chi connectivity index (χ4v) is 2.02. The van der Waals surface area contributed by atoms with Crippen molar-refractivity contribution in [1.82, 2.24) is 10.2 Å². The van der Waals surface area contributed by atoms with Crippen LogP contribution >= 0.6 is 0 Å². The second-order valence-corrected chi connectivity index (χ2v) is 4.64. The first-order valence-electron chi connectivity index (χ1n) is 6.42. The predicted octanol–water partition coefficient (Wildman–Crippen LogP) is -0.155. The van der Waals surface area contributed by atoms with E-state index in [1.807, 2.05) is 6.07 Å². The van der Waals surface area contributed by atoms with Gasteiger partial charge in [-0.05, 0) is 12.1 Å². The molecule has 7 heteroatoms. The van der Waals surface area contributed by atoms with Gasteiger partial charge in [0.2, 0.25) is 17.7 Å². The van der Waals surface area contributed by atoms with Crippen molar-refractivity contribution in [3.05, 3.63) is 29.8 Å². The maximum absolute atomic E-state index is 11.9. The molecular weight excluding hydrogens is 272 g/mol. The van der Waals surface area contributed by atoms with Crippen LogP contribution < -0.4 is 10.6 Å². The van der Waals surface area contributed by atoms with Crippen LogP contribution in [0, 0.1) is 11.3 Å². The first kappa shape index (κ1) is 14.7. The Hall–Kier alpha value is -2.72. The van der Waals surface area contributed by atoms with Gasteiger partial charge in [-0.25, -0.2) is 0 Å². The number of nitriles is 1. The highest BCUT2D eigenvalue weighted by atomic mass is 16.2. The Morgan fingerprint density at radius 2 is 1.95 bits per heavy atom. The molecule has 1 saturated heterocycles. The molecule has 1 aliphatic rings. The first-order chi connectivity index (χ1) is 10.1. The lowest BCUT2D eigenvalue weighted by Crippen LogP contribution is -2.51. The molecule has 3 amide bonds. The van der Waals surface area contributed by atoms with Crippen molar-refractivity contribution in [2.45, 2.75) is 6.42 Å². The SMILES string of the molecule is N#Cc1ccccc1NC(=O)CCN1CC(=O)NC(=O)C1. The molecule has 0 bridgehead atoms. The molecule has 7 nitrogen and oxygen atoms in total. The van der Waals surface area contributed by atoms with E-state index in [4.69, 9.17) is 5.26 Å². The molecular formula is C14H14N4O3. The number of piperazine rings is 1. The summed E-state index contributed by atoms with van der Waals surface area (Å²) in [5.74, 6) is -0.987. The summed E-state index contributed by atoms with van der Waals surface area (Å²) < 4.78 is 0. The lowest BCUT2D eigenvalue weighted by molar-refractivity contribution is -0.136. The predicted molar refractivity (Wildman–Crippen MR) is 74.0 cm³/mol. The van der Waals surface area contributed by atoms with Crippen molar-refractivity contribution in [2.75, 3.05) is 25.0 Å². The smallest absolute Gasteiger partial charge is 0.240 e. The van der Waals surface area contributed by atoms with Gasteiger partial charge in [-0.15, -0.1) is 0 Å². The van der Waals surface area contributed by atoms with E-state index >= 15 is 0 Å². The second kappa shape index (κ2) is 6.63. The van der Waals surface area contributed by atoms with Crippen LogP contribution in [0.15, 0.2) is 24.3 Å². The number of nitrogens with zero attached hydrogens (tertiary/aromatic N) is 2. The number of anilines is 1. The van der Waals surface area contributed by atoms with Gasteiger partial charge in [0.05, 0.1) is 24.3 Å². The van der Waals surface area contributed by atoms with E-state index in [2.05, 4.69) is 10.6 Å². The molecule has 0 atom stereocenters. The van der Waals surface area contributed by atoms with E-state index in [9.17, 15) is 14.4 Å². The standard InChI is InChI=1S/C14H14N4O3/c15-7-10-3-1-2-4-11(10)16-12(19)5-6-18-8-13(20)17-14(21)9-18/h1-4H,5-6,8-9H2,(H,16,19)(H,17,20,21). The molecule has 21 heavy (non-hydrogen) atoms. The molecule has 1 heterocycles. The van der Waals surface area contributed by atoms with E-state index in [0.29, 0.717) is 17.8 Å². The van der Waals surface area contributed by atoms with Crippen LogP contribution in [0.4, 0.5) is 5.69 Å². The van der Waals surface area contributed by atoms with E-state index in [0.717, 1.165) is 0 Å². The van der Waals surface area contributed by atoms with Gasteiger partial charge < -0.3 is 5.32 Å². The number of benzene rings is 1. The van der Waals surface area contributed by atoms with Gasteiger partial charge in [0.15, 0.2) is 0 Å². The van der Waals surface area contributed by atoms with E-state index < -0.39 is 0 Å². The number of hydrogen-bond donors (Lipinski definition) is 2. The van der Waals surface area contributed by atoms with Crippen LogP contribution in [-0.4, -0.2) is 42.3 Å². The van der Waals surface area contributed by atoms with Gasteiger partial charge in [-0.3, -0.25) is 24.6 Å². The minimum Gasteiger partial charge on any atom is -0.325 e. The highest BCUT2D eigenvalue weighted by molar-refractivity contribution is 5.99. The molecule has 0 aliphatic carbocycles. The molecule has 0 spiro atoms. The highest BCUT2D eigenvalue weighted by Crippen LogP contribution is 2.13. The summed E-state index contributed by atoms with van der Waals surface area (Å²) in [7, 11) is 0. The molecule has 1 aromatic rings. The van der Waals surface area contributed by atoms with Crippen LogP contribution in [0.3, 0.4) is 0 Å². The molecule has 2 rings (SSSR count). The number of para-hydroxylation sites is 1. The number of carbonyl (C=O) groups excluding carboxylic acids is 3. The van der Waals surface area contributed by atoms with Crippen LogP contribution in [0.5, 0.6) is 0 Å². The van der Waals surface area contributed by atoms with Gasteiger partial charge in [0.1, 0.15) is 6.07 Å². The van der Waals surface area contributed by atoms with Crippen molar-refractivity contribution in [2.24, 2.45) is 0 Å². The zero-order valence-electron chi connectivity index (χ0n) is 11.3. The van der Waals surface area contributed by atoms with Crippen LogP contribution in [0.1, 0.15) is 12.0 Å². The van der Waals surface area contributed by atoms with Crippen molar-refractivity contribution in [1.29, 1.82) is 5.26 Å². The Balaban J connectivity index is 1.86. The minimum atomic E-state index is -0.360. The van der Waals surface area contributed by atoms with Gasteiger partial charge in [-0.2, -0.15) is 5.26 Å². The number of imide groups is 1. The molecule has 1 fully saturated rings. The monoisotopic (exact) mass is 286 g/mol. The van der Waals surface area contributed by atoms with E-state index in [1.165, 1.54) is 0 Å². The summed E-state index contributed by atoms with van der Waals surface area (Å²) in [6.07, 6.45) is 0.139. The minimum absolute atomic E-state index is 0.105. The average molecular weight is 286 g/mol. The Kier molecular flexibility index (Phi) is 4.64. The molecule has 2 N–H and O–H groups in total. The maximum atomic E-state index is 11.9. The molecule has 0 saturated carbocycles. The van der Waals surface area contributed by atoms with Crippen molar-refractivity contribution >= 4 is 23.4 Å². The fraction of sp³-hybridized carbons (Fsp3) is 0.286. The summed E-state index contributed by atoms with van der Waals surface area (Å²) >= 11 is 0. The van der Waals surface area contributed by atoms with Crippen molar-refractivity contribution < 1.29 is 14.4 Å². The number of hydrogen-bond acceptors (Lipinski definition) is 5. The molecule has 1 aliphatic heterocycles. The largest absolute Gasteiger partial charge is 0.325 e. The molecule has 108 valence electrons. The first-order valence-corrected chi connectivity index (χ1v) is 6.42. The van der Waals surface area contributed by atoms with Gasteiger partial charge >= 0.3 is 0 Å². The number of nitrogens with one attached hydrogen (secondary N) is 2. The third kappa shape index (κ3) is 4.12. The summed E-state index contributed by atoms with van der Waals surface area (Å²) in [4.78, 5) is 35.8. The fourth-order valence-electron chi connectivity index (χ4n) is 2.02. The summed E-state index contributed by atoms with van der Waals surface area (Å²) in [6.45, 7) is 0.515. The zero-order chi connectivity index (χ0) is 15.2. The molecule has 0 unspecified atom stereocenters. The molecule has 0 radical (unpaired) electrons. The van der Waals surface area contributed by atoms with Crippen LogP contribution in [-0.2, 0) is 14.4 Å². The Morgan fingerprint density at radius 1 is 1.29 bits per heavy atom. The van der Waals surface area contributed by atoms with Gasteiger partial charge in [0.25, 0.3) is 0 Å². The second-order valence-electron chi connectivity index (χ2n) is 4.64.